The minimum Gasteiger partial charge on any atom is -0.262 e. The maximum atomic E-state index is 12.4. The van der Waals surface area contributed by atoms with Crippen LogP contribution >= 0.6 is 15.9 Å². The standard InChI is InChI=1S/C7H8BrF3N2/c1-3-4-5(8)6(7(9,10)11)13(2)12-4/h3H2,1-2H3. The molecule has 0 amide bonds. The quantitative estimate of drug-likeness (QED) is 0.756. The lowest BCUT2D eigenvalue weighted by Crippen LogP contribution is -2.12. The van der Waals surface area contributed by atoms with E-state index in [-0.39, 0.29) is 4.47 Å². The molecule has 0 fully saturated rings. The van der Waals surface area contributed by atoms with Gasteiger partial charge in [-0.25, -0.2) is 0 Å². The molecular formula is C7H8BrF3N2. The van der Waals surface area contributed by atoms with Crippen LogP contribution < -0.4 is 0 Å². The Balaban J connectivity index is 3.29. The van der Waals surface area contributed by atoms with E-state index in [1.165, 1.54) is 7.05 Å². The van der Waals surface area contributed by atoms with Crippen molar-refractivity contribution < 1.29 is 13.2 Å². The molecule has 0 N–H and O–H groups in total. The van der Waals surface area contributed by atoms with Gasteiger partial charge in [0.05, 0.1) is 10.2 Å². The van der Waals surface area contributed by atoms with Gasteiger partial charge in [-0.05, 0) is 22.4 Å². The van der Waals surface area contributed by atoms with Crippen molar-refractivity contribution in [1.82, 2.24) is 9.78 Å². The highest BCUT2D eigenvalue weighted by Gasteiger charge is 2.38. The summed E-state index contributed by atoms with van der Waals surface area (Å²) in [5.74, 6) is 0. The molecular weight excluding hydrogens is 249 g/mol. The molecule has 1 heterocycles. The lowest BCUT2D eigenvalue weighted by atomic mass is 10.3. The van der Waals surface area contributed by atoms with Gasteiger partial charge in [0, 0.05) is 7.05 Å². The number of nitrogens with zero attached hydrogens (tertiary/aromatic N) is 2. The fraction of sp³-hybridized carbons (Fsp3) is 0.571. The van der Waals surface area contributed by atoms with Gasteiger partial charge in [0.15, 0.2) is 5.69 Å². The van der Waals surface area contributed by atoms with Gasteiger partial charge in [-0.2, -0.15) is 18.3 Å². The molecule has 2 nitrogen and oxygen atoms in total. The molecule has 0 radical (unpaired) electrons. The van der Waals surface area contributed by atoms with E-state index in [1.54, 1.807) is 6.92 Å². The average Bonchev–Trinajstić information content (AvgIpc) is 2.24. The minimum absolute atomic E-state index is 0.0463. The minimum atomic E-state index is -4.35. The molecule has 0 unspecified atom stereocenters. The molecule has 1 aromatic rings. The van der Waals surface area contributed by atoms with Crippen molar-refractivity contribution in [3.8, 4) is 0 Å². The predicted molar refractivity (Wildman–Crippen MR) is 45.3 cm³/mol. The molecule has 13 heavy (non-hydrogen) atoms. The molecule has 0 atom stereocenters. The van der Waals surface area contributed by atoms with E-state index in [9.17, 15) is 13.2 Å². The summed E-state index contributed by atoms with van der Waals surface area (Å²) in [7, 11) is 1.28. The third kappa shape index (κ3) is 1.87. The molecule has 0 aliphatic heterocycles. The van der Waals surface area contributed by atoms with E-state index >= 15 is 0 Å². The molecule has 1 aromatic heterocycles. The number of aromatic nitrogens is 2. The first-order valence-corrected chi connectivity index (χ1v) is 4.45. The Kier molecular flexibility index (Phi) is 2.70. The zero-order chi connectivity index (χ0) is 10.2. The number of aryl methyl sites for hydroxylation is 2. The van der Waals surface area contributed by atoms with Gasteiger partial charge in [0.2, 0.25) is 0 Å². The molecule has 74 valence electrons. The summed E-state index contributed by atoms with van der Waals surface area (Å²) in [5.41, 5.74) is -0.306. The summed E-state index contributed by atoms with van der Waals surface area (Å²) >= 11 is 2.89. The number of alkyl halides is 3. The zero-order valence-electron chi connectivity index (χ0n) is 7.11. The second-order valence-electron chi connectivity index (χ2n) is 2.58. The van der Waals surface area contributed by atoms with Crippen molar-refractivity contribution in [1.29, 1.82) is 0 Å². The first kappa shape index (κ1) is 10.6. The summed E-state index contributed by atoms with van der Waals surface area (Å²) < 4.78 is 38.0. The van der Waals surface area contributed by atoms with Crippen molar-refractivity contribution >= 4 is 15.9 Å². The summed E-state index contributed by atoms with van der Waals surface area (Å²) in [6, 6.07) is 0. The molecule has 0 aliphatic rings. The topological polar surface area (TPSA) is 17.8 Å². The molecule has 0 saturated carbocycles. The lowest BCUT2D eigenvalue weighted by Gasteiger charge is -2.06. The average molecular weight is 257 g/mol. The maximum Gasteiger partial charge on any atom is 0.434 e. The third-order valence-electron chi connectivity index (χ3n) is 1.66. The Morgan fingerprint density at radius 3 is 2.23 bits per heavy atom. The molecule has 6 heteroatoms. The van der Waals surface area contributed by atoms with Crippen LogP contribution in [0.2, 0.25) is 0 Å². The van der Waals surface area contributed by atoms with Crippen molar-refractivity contribution in [3.63, 3.8) is 0 Å². The Morgan fingerprint density at radius 2 is 2.00 bits per heavy atom. The van der Waals surface area contributed by atoms with E-state index in [0.29, 0.717) is 12.1 Å². The molecule has 0 saturated heterocycles. The molecule has 0 aromatic carbocycles. The van der Waals surface area contributed by atoms with Gasteiger partial charge in [-0.1, -0.05) is 6.92 Å². The lowest BCUT2D eigenvalue weighted by molar-refractivity contribution is -0.144. The fourth-order valence-electron chi connectivity index (χ4n) is 1.09. The normalized spacial score (nSPS) is 12.2. The number of hydrogen-bond donors (Lipinski definition) is 0. The molecule has 0 bridgehead atoms. The highest BCUT2D eigenvalue weighted by molar-refractivity contribution is 9.10. The van der Waals surface area contributed by atoms with Gasteiger partial charge >= 0.3 is 6.18 Å². The van der Waals surface area contributed by atoms with Crippen LogP contribution in [0.5, 0.6) is 0 Å². The van der Waals surface area contributed by atoms with E-state index in [4.69, 9.17) is 0 Å². The van der Waals surface area contributed by atoms with Crippen LogP contribution in [0.1, 0.15) is 18.3 Å². The van der Waals surface area contributed by atoms with E-state index < -0.39 is 11.9 Å². The van der Waals surface area contributed by atoms with Crippen LogP contribution in [0, 0.1) is 0 Å². The summed E-state index contributed by atoms with van der Waals surface area (Å²) in [6.07, 6.45) is -3.88. The molecule has 0 aliphatic carbocycles. The zero-order valence-corrected chi connectivity index (χ0v) is 8.70. The van der Waals surface area contributed by atoms with Gasteiger partial charge in [0.25, 0.3) is 0 Å². The summed E-state index contributed by atoms with van der Waals surface area (Å²) in [6.45, 7) is 1.76. The van der Waals surface area contributed by atoms with E-state index in [0.717, 1.165) is 4.68 Å². The van der Waals surface area contributed by atoms with Gasteiger partial charge in [-0.3, -0.25) is 4.68 Å². The predicted octanol–water partition coefficient (Wildman–Crippen LogP) is 2.76. The monoisotopic (exact) mass is 256 g/mol. The van der Waals surface area contributed by atoms with Crippen molar-refractivity contribution in [3.05, 3.63) is 15.9 Å². The van der Waals surface area contributed by atoms with Gasteiger partial charge in [-0.15, -0.1) is 0 Å². The SMILES string of the molecule is CCc1nn(C)c(C(F)(F)F)c1Br. The smallest absolute Gasteiger partial charge is 0.262 e. The summed E-state index contributed by atoms with van der Waals surface area (Å²) in [4.78, 5) is 0. The van der Waals surface area contributed by atoms with Crippen LogP contribution in [0.25, 0.3) is 0 Å². The molecule has 1 rings (SSSR count). The van der Waals surface area contributed by atoms with Crippen molar-refractivity contribution in [2.24, 2.45) is 7.05 Å². The van der Waals surface area contributed by atoms with Crippen molar-refractivity contribution in [2.75, 3.05) is 0 Å². The molecule has 0 spiro atoms. The van der Waals surface area contributed by atoms with Gasteiger partial charge in [0.1, 0.15) is 0 Å². The number of hydrogen-bond acceptors (Lipinski definition) is 1. The largest absolute Gasteiger partial charge is 0.434 e. The van der Waals surface area contributed by atoms with Crippen LogP contribution in [-0.4, -0.2) is 9.78 Å². The summed E-state index contributed by atoms with van der Waals surface area (Å²) in [5, 5.41) is 3.74. The Bertz CT molecular complexity index is 316. The first-order chi connectivity index (χ1) is 5.88. The number of rotatable bonds is 1. The van der Waals surface area contributed by atoms with Crippen molar-refractivity contribution in [2.45, 2.75) is 19.5 Å². The highest BCUT2D eigenvalue weighted by Crippen LogP contribution is 2.36. The maximum absolute atomic E-state index is 12.4. The highest BCUT2D eigenvalue weighted by atomic mass is 79.9. The second kappa shape index (κ2) is 3.32. The fourth-order valence-corrected chi connectivity index (χ4v) is 1.93. The van der Waals surface area contributed by atoms with E-state index in [1.807, 2.05) is 0 Å². The van der Waals surface area contributed by atoms with Crippen LogP contribution in [0.4, 0.5) is 13.2 Å². The second-order valence-corrected chi connectivity index (χ2v) is 3.38. The Morgan fingerprint density at radius 1 is 1.46 bits per heavy atom. The Hall–Kier alpha value is -0.520. The van der Waals surface area contributed by atoms with Crippen LogP contribution in [0.3, 0.4) is 0 Å². The Labute approximate surface area is 81.9 Å². The van der Waals surface area contributed by atoms with E-state index in [2.05, 4.69) is 21.0 Å². The first-order valence-electron chi connectivity index (χ1n) is 3.66. The van der Waals surface area contributed by atoms with Crippen LogP contribution in [-0.2, 0) is 19.6 Å². The van der Waals surface area contributed by atoms with Gasteiger partial charge < -0.3 is 0 Å². The third-order valence-corrected chi connectivity index (χ3v) is 2.49. The van der Waals surface area contributed by atoms with Crippen LogP contribution in [0.15, 0.2) is 4.47 Å². The number of halogens is 4.